The molecule has 27 heavy (non-hydrogen) atoms. The van der Waals surface area contributed by atoms with Crippen LogP contribution in [0.4, 0.5) is 0 Å². The fraction of sp³-hybridized carbons (Fsp3) is 0.0435. The number of allylic oxidation sites excluding steroid dienone is 1. The number of halogens is 1. The number of ether oxygens (including phenoxy) is 1. The first-order valence-electron chi connectivity index (χ1n) is 8.28. The number of hydrogen-bond donors (Lipinski definition) is 0. The molecule has 3 aromatic carbocycles. The third-order valence-electron chi connectivity index (χ3n) is 3.99. The van der Waals surface area contributed by atoms with Gasteiger partial charge in [-0.05, 0) is 47.5 Å². The number of hydrogen-bond acceptors (Lipinski definition) is 3. The molecule has 0 N–H and O–H groups in total. The quantitative estimate of drug-likeness (QED) is 0.417. The van der Waals surface area contributed by atoms with Gasteiger partial charge in [0.05, 0.1) is 23.3 Å². The highest BCUT2D eigenvalue weighted by molar-refractivity contribution is 6.31. The van der Waals surface area contributed by atoms with Crippen LogP contribution in [0, 0.1) is 22.7 Å². The van der Waals surface area contributed by atoms with Crippen LogP contribution in [-0.2, 0) is 6.61 Å². The Hall–Kier alpha value is -3.53. The highest BCUT2D eigenvalue weighted by atomic mass is 35.5. The number of benzene rings is 3. The van der Waals surface area contributed by atoms with Gasteiger partial charge in [0, 0.05) is 10.6 Å². The van der Waals surface area contributed by atoms with Crippen molar-refractivity contribution in [2.24, 2.45) is 0 Å². The molecule has 3 nitrogen and oxygen atoms in total. The largest absolute Gasteiger partial charge is 0.489 e. The van der Waals surface area contributed by atoms with E-state index in [0.717, 1.165) is 22.4 Å². The van der Waals surface area contributed by atoms with Crippen molar-refractivity contribution >= 4 is 23.3 Å². The van der Waals surface area contributed by atoms with Crippen molar-refractivity contribution < 1.29 is 4.74 Å². The van der Waals surface area contributed by atoms with E-state index < -0.39 is 0 Å². The van der Waals surface area contributed by atoms with E-state index in [9.17, 15) is 5.26 Å². The topological polar surface area (TPSA) is 56.8 Å². The Labute approximate surface area is 163 Å². The molecule has 0 aliphatic rings. The highest BCUT2D eigenvalue weighted by Gasteiger charge is 2.03. The summed E-state index contributed by atoms with van der Waals surface area (Å²) in [5, 5.41) is 19.0. The molecule has 0 bridgehead atoms. The maximum atomic E-state index is 9.44. The van der Waals surface area contributed by atoms with Gasteiger partial charge in [-0.25, -0.2) is 0 Å². The molecule has 0 atom stereocenters. The van der Waals surface area contributed by atoms with E-state index in [-0.39, 0.29) is 0 Å². The summed E-state index contributed by atoms with van der Waals surface area (Å²) in [5.41, 5.74) is 3.69. The summed E-state index contributed by atoms with van der Waals surface area (Å²) in [4.78, 5) is 0. The van der Waals surface area contributed by atoms with Gasteiger partial charge in [-0.2, -0.15) is 10.5 Å². The van der Waals surface area contributed by atoms with Gasteiger partial charge in [0.25, 0.3) is 0 Å². The maximum Gasteiger partial charge on any atom is 0.119 e. The van der Waals surface area contributed by atoms with Crippen molar-refractivity contribution in [2.75, 3.05) is 0 Å². The van der Waals surface area contributed by atoms with Gasteiger partial charge in [0.1, 0.15) is 12.4 Å². The zero-order valence-corrected chi connectivity index (χ0v) is 15.1. The van der Waals surface area contributed by atoms with Crippen molar-refractivity contribution in [1.82, 2.24) is 0 Å². The first-order chi connectivity index (χ1) is 13.2. The molecular formula is C23H15ClN2O. The molecule has 0 aromatic heterocycles. The van der Waals surface area contributed by atoms with Crippen LogP contribution < -0.4 is 4.74 Å². The molecule has 0 unspecified atom stereocenters. The highest BCUT2D eigenvalue weighted by Crippen LogP contribution is 2.22. The minimum absolute atomic E-state index is 0.392. The van der Waals surface area contributed by atoms with Crippen LogP contribution in [0.5, 0.6) is 5.75 Å². The number of nitrogens with zero attached hydrogens (tertiary/aromatic N) is 2. The summed E-state index contributed by atoms with van der Waals surface area (Å²) in [6.07, 6.45) is 1.80. The molecule has 0 fully saturated rings. The van der Waals surface area contributed by atoms with E-state index in [0.29, 0.717) is 22.8 Å². The molecule has 3 aromatic rings. The average molecular weight is 371 g/mol. The van der Waals surface area contributed by atoms with Crippen LogP contribution >= 0.6 is 11.6 Å². The second kappa shape index (κ2) is 8.72. The van der Waals surface area contributed by atoms with Crippen LogP contribution in [0.3, 0.4) is 0 Å². The first kappa shape index (κ1) is 18.3. The third kappa shape index (κ3) is 4.76. The summed E-state index contributed by atoms with van der Waals surface area (Å²) in [6.45, 7) is 0.392. The second-order valence-electron chi connectivity index (χ2n) is 5.81. The standard InChI is InChI=1S/C23H15ClN2O/c24-23-4-2-1-3-20(23)16-27-22-11-7-17(8-12-22)13-21(15-26)19-9-5-18(14-25)6-10-19/h1-13H,16H2. The van der Waals surface area contributed by atoms with Crippen LogP contribution in [0.15, 0.2) is 72.8 Å². The summed E-state index contributed by atoms with van der Waals surface area (Å²) in [5.74, 6) is 0.726. The Kier molecular flexibility index (Phi) is 5.90. The van der Waals surface area contributed by atoms with Crippen LogP contribution in [0.25, 0.3) is 11.6 Å². The lowest BCUT2D eigenvalue weighted by atomic mass is 10.0. The summed E-state index contributed by atoms with van der Waals surface area (Å²) >= 11 is 6.13. The average Bonchev–Trinajstić information content (AvgIpc) is 2.72. The van der Waals surface area contributed by atoms with E-state index in [1.165, 1.54) is 0 Å². The van der Waals surface area contributed by atoms with Crippen molar-refractivity contribution in [3.63, 3.8) is 0 Å². The van der Waals surface area contributed by atoms with Gasteiger partial charge in [-0.1, -0.05) is 54.1 Å². The molecule has 0 heterocycles. The lowest BCUT2D eigenvalue weighted by molar-refractivity contribution is 0.306. The van der Waals surface area contributed by atoms with Gasteiger partial charge in [0.15, 0.2) is 0 Å². The third-order valence-corrected chi connectivity index (χ3v) is 4.36. The Morgan fingerprint density at radius 1 is 0.926 bits per heavy atom. The van der Waals surface area contributed by atoms with Crippen molar-refractivity contribution in [1.29, 1.82) is 10.5 Å². The predicted molar refractivity (Wildman–Crippen MR) is 107 cm³/mol. The Morgan fingerprint density at radius 3 is 2.26 bits per heavy atom. The van der Waals surface area contributed by atoms with E-state index in [4.69, 9.17) is 21.6 Å². The molecule has 0 amide bonds. The van der Waals surface area contributed by atoms with Crippen LogP contribution in [0.1, 0.15) is 22.3 Å². The smallest absolute Gasteiger partial charge is 0.119 e. The van der Waals surface area contributed by atoms with Crippen molar-refractivity contribution in [2.45, 2.75) is 6.61 Å². The second-order valence-corrected chi connectivity index (χ2v) is 6.22. The maximum absolute atomic E-state index is 9.44. The summed E-state index contributed by atoms with van der Waals surface area (Å²) < 4.78 is 5.77. The minimum atomic E-state index is 0.392. The number of nitriles is 2. The minimum Gasteiger partial charge on any atom is -0.489 e. The van der Waals surface area contributed by atoms with Crippen LogP contribution in [0.2, 0.25) is 5.02 Å². The molecule has 4 heteroatoms. The van der Waals surface area contributed by atoms with Crippen molar-refractivity contribution in [3.8, 4) is 17.9 Å². The molecule has 0 radical (unpaired) electrons. The molecule has 0 spiro atoms. The van der Waals surface area contributed by atoms with Gasteiger partial charge in [-0.15, -0.1) is 0 Å². The van der Waals surface area contributed by atoms with E-state index in [1.54, 1.807) is 30.3 Å². The Bertz CT molecular complexity index is 1040. The normalized spacial score (nSPS) is 10.7. The Morgan fingerprint density at radius 2 is 1.63 bits per heavy atom. The molecule has 130 valence electrons. The van der Waals surface area contributed by atoms with E-state index in [1.807, 2.05) is 48.5 Å². The van der Waals surface area contributed by atoms with Crippen LogP contribution in [-0.4, -0.2) is 0 Å². The van der Waals surface area contributed by atoms with Gasteiger partial charge >= 0.3 is 0 Å². The molecular weight excluding hydrogens is 356 g/mol. The zero-order chi connectivity index (χ0) is 19.1. The first-order valence-corrected chi connectivity index (χ1v) is 8.66. The van der Waals surface area contributed by atoms with E-state index in [2.05, 4.69) is 12.1 Å². The summed E-state index contributed by atoms with van der Waals surface area (Å²) in [6, 6.07) is 26.3. The summed E-state index contributed by atoms with van der Waals surface area (Å²) in [7, 11) is 0. The SMILES string of the molecule is N#CC(=Cc1ccc(OCc2ccccc2Cl)cc1)c1ccc(C#N)cc1. The fourth-order valence-electron chi connectivity index (χ4n) is 2.51. The van der Waals surface area contributed by atoms with Gasteiger partial charge < -0.3 is 4.74 Å². The Balaban J connectivity index is 1.72. The molecule has 0 aliphatic heterocycles. The lowest BCUT2D eigenvalue weighted by Gasteiger charge is -2.08. The van der Waals surface area contributed by atoms with E-state index >= 15 is 0 Å². The molecule has 0 saturated heterocycles. The molecule has 0 aliphatic carbocycles. The molecule has 0 saturated carbocycles. The monoisotopic (exact) mass is 370 g/mol. The zero-order valence-electron chi connectivity index (χ0n) is 14.4. The number of rotatable bonds is 5. The molecule has 3 rings (SSSR count). The van der Waals surface area contributed by atoms with Gasteiger partial charge in [0.2, 0.25) is 0 Å². The lowest BCUT2D eigenvalue weighted by Crippen LogP contribution is -1.95. The fourth-order valence-corrected chi connectivity index (χ4v) is 2.70. The van der Waals surface area contributed by atoms with Gasteiger partial charge in [-0.3, -0.25) is 0 Å². The predicted octanol–water partition coefficient (Wildman–Crippen LogP) is 5.85. The van der Waals surface area contributed by atoms with Crippen molar-refractivity contribution in [3.05, 3.63) is 100 Å².